The lowest BCUT2D eigenvalue weighted by atomic mass is 9.95. The van der Waals surface area contributed by atoms with Gasteiger partial charge in [0, 0.05) is 44.0 Å². The van der Waals surface area contributed by atoms with Gasteiger partial charge >= 0.3 is 5.69 Å². The Balaban J connectivity index is 1.35. The van der Waals surface area contributed by atoms with Crippen LogP contribution in [0.3, 0.4) is 0 Å². The predicted molar refractivity (Wildman–Crippen MR) is 116 cm³/mol. The third kappa shape index (κ3) is 3.50. The summed E-state index contributed by atoms with van der Waals surface area (Å²) in [5.41, 5.74) is 2.75. The second-order valence-corrected chi connectivity index (χ2v) is 7.76. The van der Waals surface area contributed by atoms with Crippen LogP contribution in [0.25, 0.3) is 16.7 Å². The smallest absolute Gasteiger partial charge is 0.339 e. The molecular formula is C23H22N6O2. The highest BCUT2D eigenvalue weighted by Crippen LogP contribution is 2.28. The number of hydrogen-bond donors (Lipinski definition) is 0. The van der Waals surface area contributed by atoms with Gasteiger partial charge in [-0.05, 0) is 43.2 Å². The van der Waals surface area contributed by atoms with Gasteiger partial charge in [-0.1, -0.05) is 18.2 Å². The van der Waals surface area contributed by atoms with Crippen molar-refractivity contribution in [1.82, 2.24) is 29.2 Å². The maximum Gasteiger partial charge on any atom is 0.350 e. The Kier molecular flexibility index (Phi) is 4.82. The van der Waals surface area contributed by atoms with Gasteiger partial charge in [0.1, 0.15) is 5.82 Å². The zero-order chi connectivity index (χ0) is 21.4. The van der Waals surface area contributed by atoms with Gasteiger partial charge in [0.25, 0.3) is 5.91 Å². The van der Waals surface area contributed by atoms with E-state index in [2.05, 4.69) is 15.1 Å². The molecule has 156 valence electrons. The van der Waals surface area contributed by atoms with E-state index in [1.165, 1.54) is 4.68 Å². The van der Waals surface area contributed by atoms with Crippen LogP contribution in [0.5, 0.6) is 0 Å². The minimum absolute atomic E-state index is 0.00697. The first-order chi connectivity index (χ1) is 15.1. The van der Waals surface area contributed by atoms with Crippen molar-refractivity contribution in [2.45, 2.75) is 18.8 Å². The first kappa shape index (κ1) is 19.2. The van der Waals surface area contributed by atoms with E-state index in [0.717, 1.165) is 29.9 Å². The Morgan fingerprint density at radius 3 is 2.42 bits per heavy atom. The van der Waals surface area contributed by atoms with Crippen LogP contribution in [-0.2, 0) is 7.05 Å². The molecule has 0 spiro atoms. The summed E-state index contributed by atoms with van der Waals surface area (Å²) in [4.78, 5) is 36.1. The lowest BCUT2D eigenvalue weighted by Crippen LogP contribution is -2.38. The Hall–Kier alpha value is -3.81. The molecule has 1 saturated heterocycles. The number of aryl methyl sites for hydroxylation is 1. The molecule has 0 radical (unpaired) electrons. The minimum Gasteiger partial charge on any atom is -0.339 e. The minimum atomic E-state index is -0.156. The maximum absolute atomic E-state index is 13.0. The highest BCUT2D eigenvalue weighted by Gasteiger charge is 2.29. The van der Waals surface area contributed by atoms with Crippen molar-refractivity contribution in [2.75, 3.05) is 13.1 Å². The highest BCUT2D eigenvalue weighted by molar-refractivity contribution is 5.97. The van der Waals surface area contributed by atoms with E-state index in [-0.39, 0.29) is 17.5 Å². The Bertz CT molecular complexity index is 1300. The number of nitrogens with zero attached hydrogens (tertiary/aromatic N) is 6. The summed E-state index contributed by atoms with van der Waals surface area (Å²) < 4.78 is 3.07. The van der Waals surface area contributed by atoms with Crippen molar-refractivity contribution in [1.29, 1.82) is 0 Å². The number of benzene rings is 2. The van der Waals surface area contributed by atoms with Gasteiger partial charge in [-0.25, -0.2) is 14.0 Å². The fraction of sp³-hybridized carbons (Fsp3) is 0.261. The lowest BCUT2D eigenvalue weighted by Gasteiger charge is -2.31. The number of rotatable bonds is 3. The van der Waals surface area contributed by atoms with Crippen LogP contribution in [0.4, 0.5) is 0 Å². The van der Waals surface area contributed by atoms with Crippen LogP contribution < -0.4 is 5.69 Å². The van der Waals surface area contributed by atoms with Gasteiger partial charge in [-0.3, -0.25) is 14.8 Å². The molecule has 0 atom stereocenters. The summed E-state index contributed by atoms with van der Waals surface area (Å²) in [5.74, 6) is 0.861. The molecule has 0 bridgehead atoms. The number of amides is 1. The van der Waals surface area contributed by atoms with E-state index in [0.29, 0.717) is 24.2 Å². The molecule has 1 aliphatic rings. The third-order valence-corrected chi connectivity index (χ3v) is 5.83. The van der Waals surface area contributed by atoms with Crippen LogP contribution >= 0.6 is 0 Å². The molecule has 8 heteroatoms. The molecular weight excluding hydrogens is 392 g/mol. The van der Waals surface area contributed by atoms with Gasteiger partial charge in [-0.2, -0.15) is 5.10 Å². The topological polar surface area (TPSA) is 85.9 Å². The number of para-hydroxylation sites is 1. The predicted octanol–water partition coefficient (Wildman–Crippen LogP) is 2.53. The summed E-state index contributed by atoms with van der Waals surface area (Å²) in [5, 5.41) is 4.52. The summed E-state index contributed by atoms with van der Waals surface area (Å²) in [6.45, 7) is 1.23. The van der Waals surface area contributed by atoms with Gasteiger partial charge < -0.3 is 4.90 Å². The number of piperidine rings is 1. The van der Waals surface area contributed by atoms with Crippen molar-refractivity contribution in [3.8, 4) is 5.69 Å². The molecule has 0 N–H and O–H groups in total. The third-order valence-electron chi connectivity index (χ3n) is 5.83. The number of carbonyl (C=O) groups excluding carboxylic acids is 1. The molecule has 1 amide bonds. The second-order valence-electron chi connectivity index (χ2n) is 7.76. The molecule has 1 fully saturated rings. The van der Waals surface area contributed by atoms with Gasteiger partial charge in [0.15, 0.2) is 0 Å². The van der Waals surface area contributed by atoms with Crippen molar-refractivity contribution in [3.05, 3.63) is 82.8 Å². The van der Waals surface area contributed by atoms with Crippen LogP contribution in [0, 0.1) is 0 Å². The van der Waals surface area contributed by atoms with Crippen LogP contribution in [0.2, 0.25) is 0 Å². The zero-order valence-corrected chi connectivity index (χ0v) is 17.2. The van der Waals surface area contributed by atoms with Crippen LogP contribution in [0.15, 0.2) is 65.7 Å². The van der Waals surface area contributed by atoms with Gasteiger partial charge in [0.2, 0.25) is 0 Å². The maximum atomic E-state index is 13.0. The van der Waals surface area contributed by atoms with E-state index in [4.69, 9.17) is 0 Å². The van der Waals surface area contributed by atoms with Crippen molar-refractivity contribution < 1.29 is 4.79 Å². The normalized spacial score (nSPS) is 14.8. The van der Waals surface area contributed by atoms with E-state index in [1.54, 1.807) is 36.1 Å². The summed E-state index contributed by atoms with van der Waals surface area (Å²) in [6, 6.07) is 15.0. The zero-order valence-electron chi connectivity index (χ0n) is 17.2. The molecule has 0 saturated carbocycles. The molecule has 5 rings (SSSR count). The fourth-order valence-electron chi connectivity index (χ4n) is 4.19. The van der Waals surface area contributed by atoms with Crippen molar-refractivity contribution in [3.63, 3.8) is 0 Å². The Labute approximate surface area is 178 Å². The number of aromatic nitrogens is 5. The van der Waals surface area contributed by atoms with Crippen LogP contribution in [0.1, 0.15) is 34.9 Å². The monoisotopic (exact) mass is 414 g/mol. The molecule has 4 aromatic rings. The molecule has 8 nitrogen and oxygen atoms in total. The number of hydrogen-bond acceptors (Lipinski definition) is 5. The van der Waals surface area contributed by atoms with Crippen molar-refractivity contribution >= 4 is 16.9 Å². The molecule has 31 heavy (non-hydrogen) atoms. The van der Waals surface area contributed by atoms with E-state index in [1.807, 2.05) is 41.3 Å². The molecule has 0 aliphatic carbocycles. The Morgan fingerprint density at radius 1 is 0.968 bits per heavy atom. The Morgan fingerprint density at radius 2 is 1.68 bits per heavy atom. The fourth-order valence-corrected chi connectivity index (χ4v) is 4.19. The highest BCUT2D eigenvalue weighted by atomic mass is 16.2. The second kappa shape index (κ2) is 7.79. The first-order valence-electron chi connectivity index (χ1n) is 10.3. The standard InChI is InChI=1S/C23H22N6O2/c1-27-23(31)29(18-5-3-2-4-6-18)21(26-27)16-9-13-28(14-10-16)22(30)17-7-8-19-20(15-17)25-12-11-24-19/h2-8,11-12,15-16H,9-10,13-14H2,1H3. The average molecular weight is 414 g/mol. The number of fused-ring (bicyclic) bond motifs is 1. The molecule has 0 unspecified atom stereocenters. The first-order valence-corrected chi connectivity index (χ1v) is 10.3. The molecule has 1 aliphatic heterocycles. The number of likely N-dealkylation sites (tertiary alicyclic amines) is 1. The molecule has 2 aromatic carbocycles. The summed E-state index contributed by atoms with van der Waals surface area (Å²) >= 11 is 0. The summed E-state index contributed by atoms with van der Waals surface area (Å²) in [7, 11) is 1.67. The summed E-state index contributed by atoms with van der Waals surface area (Å²) in [6.07, 6.45) is 4.77. The van der Waals surface area contributed by atoms with Gasteiger partial charge in [0.05, 0.1) is 16.7 Å². The average Bonchev–Trinajstić information content (AvgIpc) is 3.13. The SMILES string of the molecule is Cn1nc(C2CCN(C(=O)c3ccc4nccnc4c3)CC2)n(-c2ccccc2)c1=O. The number of carbonyl (C=O) groups is 1. The van der Waals surface area contributed by atoms with Crippen LogP contribution in [-0.4, -0.2) is 48.2 Å². The quantitative estimate of drug-likeness (QED) is 0.514. The van der Waals surface area contributed by atoms with Gasteiger partial charge in [-0.15, -0.1) is 0 Å². The van der Waals surface area contributed by atoms with E-state index in [9.17, 15) is 9.59 Å². The molecule has 2 aromatic heterocycles. The van der Waals surface area contributed by atoms with E-state index >= 15 is 0 Å². The largest absolute Gasteiger partial charge is 0.350 e. The lowest BCUT2D eigenvalue weighted by molar-refractivity contribution is 0.0710. The van der Waals surface area contributed by atoms with Crippen molar-refractivity contribution in [2.24, 2.45) is 7.05 Å². The van der Waals surface area contributed by atoms with E-state index < -0.39 is 0 Å². The molecule has 3 heterocycles.